The van der Waals surface area contributed by atoms with Crippen LogP contribution in [0.2, 0.25) is 0 Å². The number of hydrogen-bond acceptors (Lipinski definition) is 2. The van der Waals surface area contributed by atoms with Crippen molar-refractivity contribution >= 4 is 5.82 Å². The van der Waals surface area contributed by atoms with E-state index in [9.17, 15) is 0 Å². The molecular weight excluding hydrogens is 246 g/mol. The first-order valence-corrected chi connectivity index (χ1v) is 7.53. The first-order chi connectivity index (χ1) is 9.63. The van der Waals surface area contributed by atoms with Crippen molar-refractivity contribution in [1.82, 2.24) is 9.78 Å². The zero-order chi connectivity index (χ0) is 14.1. The SMILES string of the molecule is CC1CCC(c2cccc(-c3cc(N)n(C)n3)c2)CC1. The molecule has 1 aliphatic carbocycles. The Morgan fingerprint density at radius 2 is 1.90 bits per heavy atom. The van der Waals surface area contributed by atoms with Crippen LogP contribution in [0.3, 0.4) is 0 Å². The number of nitrogens with zero attached hydrogens (tertiary/aromatic N) is 2. The molecule has 1 aromatic heterocycles. The Bertz CT molecular complexity index is 573. The van der Waals surface area contributed by atoms with Gasteiger partial charge in [0.2, 0.25) is 0 Å². The fourth-order valence-corrected chi connectivity index (χ4v) is 3.17. The highest BCUT2D eigenvalue weighted by molar-refractivity contribution is 5.63. The van der Waals surface area contributed by atoms with Crippen molar-refractivity contribution in [2.45, 2.75) is 38.5 Å². The summed E-state index contributed by atoms with van der Waals surface area (Å²) < 4.78 is 1.73. The zero-order valence-electron chi connectivity index (χ0n) is 12.3. The van der Waals surface area contributed by atoms with Crippen LogP contribution in [0.1, 0.15) is 44.1 Å². The van der Waals surface area contributed by atoms with Crippen molar-refractivity contribution in [3.63, 3.8) is 0 Å². The maximum absolute atomic E-state index is 5.87. The molecule has 1 saturated carbocycles. The van der Waals surface area contributed by atoms with Crippen LogP contribution < -0.4 is 5.73 Å². The molecule has 3 rings (SSSR count). The Morgan fingerprint density at radius 1 is 1.15 bits per heavy atom. The molecule has 3 heteroatoms. The average Bonchev–Trinajstić information content (AvgIpc) is 2.80. The minimum Gasteiger partial charge on any atom is -0.384 e. The first-order valence-electron chi connectivity index (χ1n) is 7.53. The van der Waals surface area contributed by atoms with Gasteiger partial charge in [0, 0.05) is 18.7 Å². The van der Waals surface area contributed by atoms with Crippen LogP contribution >= 0.6 is 0 Å². The molecule has 106 valence electrons. The second-order valence-corrected chi connectivity index (χ2v) is 6.16. The summed E-state index contributed by atoms with van der Waals surface area (Å²) in [7, 11) is 1.88. The van der Waals surface area contributed by atoms with E-state index in [1.54, 1.807) is 4.68 Å². The molecule has 0 saturated heterocycles. The quantitative estimate of drug-likeness (QED) is 0.896. The molecule has 1 fully saturated rings. The molecule has 0 bridgehead atoms. The van der Waals surface area contributed by atoms with E-state index in [0.717, 1.165) is 11.6 Å². The van der Waals surface area contributed by atoms with Crippen molar-refractivity contribution in [1.29, 1.82) is 0 Å². The van der Waals surface area contributed by atoms with Crippen LogP contribution in [0.5, 0.6) is 0 Å². The number of aryl methyl sites for hydroxylation is 1. The van der Waals surface area contributed by atoms with Crippen LogP contribution in [0.25, 0.3) is 11.3 Å². The van der Waals surface area contributed by atoms with E-state index in [-0.39, 0.29) is 0 Å². The van der Waals surface area contributed by atoms with E-state index in [1.165, 1.54) is 36.8 Å². The number of hydrogen-bond donors (Lipinski definition) is 1. The standard InChI is InChI=1S/C17H23N3/c1-12-6-8-13(9-7-12)14-4-3-5-15(10-14)16-11-17(18)20(2)19-16/h3-5,10-13H,6-9,18H2,1-2H3. The van der Waals surface area contributed by atoms with Crippen LogP contribution in [-0.4, -0.2) is 9.78 Å². The van der Waals surface area contributed by atoms with Gasteiger partial charge in [-0.25, -0.2) is 0 Å². The van der Waals surface area contributed by atoms with E-state index in [0.29, 0.717) is 11.7 Å². The maximum Gasteiger partial charge on any atom is 0.121 e. The van der Waals surface area contributed by atoms with Crippen LogP contribution in [-0.2, 0) is 7.05 Å². The van der Waals surface area contributed by atoms with E-state index < -0.39 is 0 Å². The lowest BCUT2D eigenvalue weighted by molar-refractivity contribution is 0.348. The van der Waals surface area contributed by atoms with Gasteiger partial charge in [0.25, 0.3) is 0 Å². The Kier molecular flexibility index (Phi) is 3.51. The first kappa shape index (κ1) is 13.2. The van der Waals surface area contributed by atoms with Gasteiger partial charge >= 0.3 is 0 Å². The van der Waals surface area contributed by atoms with E-state index in [4.69, 9.17) is 5.73 Å². The van der Waals surface area contributed by atoms with Gasteiger partial charge < -0.3 is 5.73 Å². The molecular formula is C17H23N3. The highest BCUT2D eigenvalue weighted by Gasteiger charge is 2.20. The topological polar surface area (TPSA) is 43.8 Å². The van der Waals surface area contributed by atoms with Crippen molar-refractivity contribution in [3.05, 3.63) is 35.9 Å². The molecule has 0 radical (unpaired) electrons. The second kappa shape index (κ2) is 5.31. The summed E-state index contributed by atoms with van der Waals surface area (Å²) >= 11 is 0. The largest absolute Gasteiger partial charge is 0.384 e. The van der Waals surface area contributed by atoms with Crippen LogP contribution in [0.15, 0.2) is 30.3 Å². The molecule has 1 aliphatic rings. The molecule has 1 heterocycles. The van der Waals surface area contributed by atoms with Gasteiger partial charge in [-0.15, -0.1) is 0 Å². The monoisotopic (exact) mass is 269 g/mol. The third-order valence-electron chi connectivity index (χ3n) is 4.59. The lowest BCUT2D eigenvalue weighted by Gasteiger charge is -2.26. The number of nitrogens with two attached hydrogens (primary N) is 1. The molecule has 1 aromatic carbocycles. The van der Waals surface area contributed by atoms with Gasteiger partial charge in [0.1, 0.15) is 5.82 Å². The van der Waals surface area contributed by atoms with Gasteiger partial charge in [-0.05, 0) is 36.3 Å². The Labute approximate surface area is 120 Å². The van der Waals surface area contributed by atoms with Crippen molar-refractivity contribution in [3.8, 4) is 11.3 Å². The van der Waals surface area contributed by atoms with Crippen molar-refractivity contribution < 1.29 is 0 Å². The summed E-state index contributed by atoms with van der Waals surface area (Å²) in [6.45, 7) is 2.36. The lowest BCUT2D eigenvalue weighted by Crippen LogP contribution is -2.10. The number of nitrogen functional groups attached to an aromatic ring is 1. The van der Waals surface area contributed by atoms with E-state index in [2.05, 4.69) is 36.3 Å². The molecule has 0 atom stereocenters. The van der Waals surface area contributed by atoms with Crippen LogP contribution in [0, 0.1) is 5.92 Å². The molecule has 0 amide bonds. The third kappa shape index (κ3) is 2.58. The summed E-state index contributed by atoms with van der Waals surface area (Å²) in [4.78, 5) is 0. The Morgan fingerprint density at radius 3 is 2.55 bits per heavy atom. The van der Waals surface area contributed by atoms with E-state index in [1.807, 2.05) is 13.1 Å². The van der Waals surface area contributed by atoms with Crippen molar-refractivity contribution in [2.24, 2.45) is 13.0 Å². The third-order valence-corrected chi connectivity index (χ3v) is 4.59. The highest BCUT2D eigenvalue weighted by atomic mass is 15.3. The fraction of sp³-hybridized carbons (Fsp3) is 0.471. The molecule has 3 nitrogen and oxygen atoms in total. The minimum absolute atomic E-state index is 0.705. The zero-order valence-corrected chi connectivity index (χ0v) is 12.3. The number of rotatable bonds is 2. The molecule has 0 unspecified atom stereocenters. The van der Waals surface area contributed by atoms with Gasteiger partial charge in [-0.2, -0.15) is 5.10 Å². The summed E-state index contributed by atoms with van der Waals surface area (Å²) in [5, 5.41) is 4.47. The van der Waals surface area contributed by atoms with Gasteiger partial charge in [0.15, 0.2) is 0 Å². The molecule has 2 aromatic rings. The molecule has 2 N–H and O–H groups in total. The van der Waals surface area contributed by atoms with Gasteiger partial charge in [-0.3, -0.25) is 4.68 Å². The van der Waals surface area contributed by atoms with E-state index >= 15 is 0 Å². The number of benzene rings is 1. The minimum atomic E-state index is 0.705. The Hall–Kier alpha value is -1.77. The smallest absolute Gasteiger partial charge is 0.121 e. The predicted molar refractivity (Wildman–Crippen MR) is 83.4 cm³/mol. The summed E-state index contributed by atoms with van der Waals surface area (Å²) in [5.41, 5.74) is 9.47. The molecule has 0 aliphatic heterocycles. The maximum atomic E-state index is 5.87. The van der Waals surface area contributed by atoms with Crippen molar-refractivity contribution in [2.75, 3.05) is 5.73 Å². The van der Waals surface area contributed by atoms with Gasteiger partial charge in [-0.1, -0.05) is 38.0 Å². The molecule has 0 spiro atoms. The normalized spacial score (nSPS) is 22.9. The second-order valence-electron chi connectivity index (χ2n) is 6.16. The summed E-state index contributed by atoms with van der Waals surface area (Å²) in [6.07, 6.45) is 5.33. The summed E-state index contributed by atoms with van der Waals surface area (Å²) in [6, 6.07) is 10.8. The number of anilines is 1. The summed E-state index contributed by atoms with van der Waals surface area (Å²) in [5.74, 6) is 2.31. The predicted octanol–water partition coefficient (Wildman–Crippen LogP) is 3.96. The number of aromatic nitrogens is 2. The average molecular weight is 269 g/mol. The highest BCUT2D eigenvalue weighted by Crippen LogP contribution is 2.36. The molecule has 20 heavy (non-hydrogen) atoms. The lowest BCUT2D eigenvalue weighted by atomic mass is 9.79. The van der Waals surface area contributed by atoms with Gasteiger partial charge in [0.05, 0.1) is 5.69 Å². The van der Waals surface area contributed by atoms with Crippen LogP contribution in [0.4, 0.5) is 5.82 Å². The fourth-order valence-electron chi connectivity index (χ4n) is 3.17. The Balaban J connectivity index is 1.86.